The second kappa shape index (κ2) is 7.28. The summed E-state index contributed by atoms with van der Waals surface area (Å²) >= 11 is 3.65. The first-order valence-corrected chi connectivity index (χ1v) is 9.11. The van der Waals surface area contributed by atoms with Crippen LogP contribution >= 0.6 is 15.9 Å². The van der Waals surface area contributed by atoms with Crippen LogP contribution in [0.1, 0.15) is 57.8 Å². The SMILES string of the molecule is CCc1nn(C)c(CC(O)C2CCC(C(C)C)CC2)c1Br. The zero-order chi connectivity index (χ0) is 15.6. The van der Waals surface area contributed by atoms with Crippen molar-refractivity contribution >= 4 is 15.9 Å². The Morgan fingerprint density at radius 1 is 1.24 bits per heavy atom. The Hall–Kier alpha value is -0.350. The van der Waals surface area contributed by atoms with Gasteiger partial charge < -0.3 is 5.11 Å². The number of aryl methyl sites for hydroxylation is 2. The summed E-state index contributed by atoms with van der Waals surface area (Å²) in [6.45, 7) is 6.75. The van der Waals surface area contributed by atoms with Crippen molar-refractivity contribution in [3.8, 4) is 0 Å². The fraction of sp³-hybridized carbons (Fsp3) is 0.824. The van der Waals surface area contributed by atoms with Crippen LogP contribution in [0.3, 0.4) is 0 Å². The summed E-state index contributed by atoms with van der Waals surface area (Å²) in [5.74, 6) is 2.08. The van der Waals surface area contributed by atoms with Gasteiger partial charge in [-0.3, -0.25) is 4.68 Å². The summed E-state index contributed by atoms with van der Waals surface area (Å²) < 4.78 is 3.01. The Balaban J connectivity index is 1.96. The number of aromatic nitrogens is 2. The molecule has 0 aromatic carbocycles. The standard InChI is InChI=1S/C17H29BrN2O/c1-5-14-17(18)15(20(4)19-14)10-16(21)13-8-6-12(7-9-13)11(2)3/h11-13,16,21H,5-10H2,1-4H3. The second-order valence-electron chi connectivity index (χ2n) is 6.87. The van der Waals surface area contributed by atoms with Crippen LogP contribution in [0, 0.1) is 17.8 Å². The maximum Gasteiger partial charge on any atom is 0.0766 e. The first-order chi connectivity index (χ1) is 9.93. The molecule has 1 N–H and O–H groups in total. The average Bonchev–Trinajstić information content (AvgIpc) is 2.74. The van der Waals surface area contributed by atoms with Gasteiger partial charge in [-0.1, -0.05) is 20.8 Å². The summed E-state index contributed by atoms with van der Waals surface area (Å²) in [5.41, 5.74) is 2.22. The van der Waals surface area contributed by atoms with Crippen LogP contribution < -0.4 is 0 Å². The molecule has 1 heterocycles. The molecule has 21 heavy (non-hydrogen) atoms. The van der Waals surface area contributed by atoms with Gasteiger partial charge in [0.1, 0.15) is 0 Å². The van der Waals surface area contributed by atoms with E-state index in [2.05, 4.69) is 41.8 Å². The van der Waals surface area contributed by atoms with E-state index in [9.17, 15) is 5.11 Å². The number of aliphatic hydroxyl groups excluding tert-OH is 1. The highest BCUT2D eigenvalue weighted by atomic mass is 79.9. The lowest BCUT2D eigenvalue weighted by molar-refractivity contribution is 0.0660. The topological polar surface area (TPSA) is 38.0 Å². The molecule has 4 heteroatoms. The lowest BCUT2D eigenvalue weighted by Gasteiger charge is -2.33. The Kier molecular flexibility index (Phi) is 5.89. The zero-order valence-corrected chi connectivity index (χ0v) is 15.4. The smallest absolute Gasteiger partial charge is 0.0766 e. The molecule has 0 aliphatic heterocycles. The lowest BCUT2D eigenvalue weighted by atomic mass is 9.74. The van der Waals surface area contributed by atoms with Gasteiger partial charge in [-0.25, -0.2) is 0 Å². The van der Waals surface area contributed by atoms with Gasteiger partial charge in [0.25, 0.3) is 0 Å². The summed E-state index contributed by atoms with van der Waals surface area (Å²) in [6.07, 6.45) is 6.26. The Labute approximate surface area is 137 Å². The van der Waals surface area contributed by atoms with Crippen molar-refractivity contribution in [3.05, 3.63) is 15.9 Å². The van der Waals surface area contributed by atoms with Crippen LogP contribution in [-0.4, -0.2) is 21.0 Å². The van der Waals surface area contributed by atoms with Gasteiger partial charge in [-0.05, 0) is 65.8 Å². The van der Waals surface area contributed by atoms with E-state index in [0.717, 1.165) is 34.1 Å². The molecule has 0 bridgehead atoms. The maximum atomic E-state index is 10.6. The molecule has 0 spiro atoms. The first kappa shape index (κ1) is 17.0. The number of nitrogens with zero attached hydrogens (tertiary/aromatic N) is 2. The second-order valence-corrected chi connectivity index (χ2v) is 7.67. The van der Waals surface area contributed by atoms with Gasteiger partial charge in [0.15, 0.2) is 0 Å². The first-order valence-electron chi connectivity index (χ1n) is 8.32. The normalized spacial score (nSPS) is 24.5. The van der Waals surface area contributed by atoms with Crippen LogP contribution in [-0.2, 0) is 19.9 Å². The van der Waals surface area contributed by atoms with E-state index in [1.54, 1.807) is 0 Å². The molecule has 120 valence electrons. The van der Waals surface area contributed by atoms with E-state index in [4.69, 9.17) is 0 Å². The number of hydrogen-bond acceptors (Lipinski definition) is 2. The zero-order valence-electron chi connectivity index (χ0n) is 13.8. The van der Waals surface area contributed by atoms with Gasteiger partial charge in [-0.2, -0.15) is 5.10 Å². The van der Waals surface area contributed by atoms with Gasteiger partial charge in [0.2, 0.25) is 0 Å². The molecule has 2 rings (SSSR count). The summed E-state index contributed by atoms with van der Waals surface area (Å²) in [4.78, 5) is 0. The molecule has 0 amide bonds. The van der Waals surface area contributed by atoms with Crippen molar-refractivity contribution in [3.63, 3.8) is 0 Å². The third-order valence-electron chi connectivity index (χ3n) is 5.21. The fourth-order valence-corrected chi connectivity index (χ4v) is 4.38. The predicted molar refractivity (Wildman–Crippen MR) is 90.3 cm³/mol. The van der Waals surface area contributed by atoms with Crippen molar-refractivity contribution < 1.29 is 5.11 Å². The number of aliphatic hydroxyl groups is 1. The lowest BCUT2D eigenvalue weighted by Crippen LogP contribution is -2.29. The fourth-order valence-electron chi connectivity index (χ4n) is 3.60. The molecule has 1 aliphatic carbocycles. The minimum Gasteiger partial charge on any atom is -0.392 e. The molecular weight excluding hydrogens is 328 g/mol. The quantitative estimate of drug-likeness (QED) is 0.861. The highest BCUT2D eigenvalue weighted by Crippen LogP contribution is 2.36. The van der Waals surface area contributed by atoms with E-state index in [0.29, 0.717) is 12.3 Å². The van der Waals surface area contributed by atoms with Crippen LogP contribution in [0.25, 0.3) is 0 Å². The molecule has 1 unspecified atom stereocenters. The molecule has 0 saturated heterocycles. The maximum absolute atomic E-state index is 10.6. The molecule has 0 radical (unpaired) electrons. The Morgan fingerprint density at radius 3 is 2.29 bits per heavy atom. The molecule has 1 aromatic rings. The summed E-state index contributed by atoms with van der Waals surface area (Å²) in [7, 11) is 1.97. The average molecular weight is 357 g/mol. The van der Waals surface area contributed by atoms with Crippen molar-refractivity contribution in [1.29, 1.82) is 0 Å². The van der Waals surface area contributed by atoms with E-state index in [1.807, 2.05) is 11.7 Å². The largest absolute Gasteiger partial charge is 0.392 e. The van der Waals surface area contributed by atoms with Crippen molar-refractivity contribution in [1.82, 2.24) is 9.78 Å². The molecule has 1 fully saturated rings. The molecular formula is C17H29BrN2O. The molecule has 1 aromatic heterocycles. The van der Waals surface area contributed by atoms with Gasteiger partial charge >= 0.3 is 0 Å². The highest BCUT2D eigenvalue weighted by molar-refractivity contribution is 9.10. The van der Waals surface area contributed by atoms with Gasteiger partial charge in [-0.15, -0.1) is 0 Å². The van der Waals surface area contributed by atoms with E-state index in [1.165, 1.54) is 25.7 Å². The molecule has 3 nitrogen and oxygen atoms in total. The molecule has 1 saturated carbocycles. The number of hydrogen-bond donors (Lipinski definition) is 1. The minimum atomic E-state index is -0.241. The highest BCUT2D eigenvalue weighted by Gasteiger charge is 2.29. The summed E-state index contributed by atoms with van der Waals surface area (Å²) in [5, 5.41) is 15.1. The van der Waals surface area contributed by atoms with Crippen molar-refractivity contribution in [2.75, 3.05) is 0 Å². The van der Waals surface area contributed by atoms with Crippen LogP contribution in [0.2, 0.25) is 0 Å². The predicted octanol–water partition coefficient (Wildman–Crippen LogP) is 4.11. The van der Waals surface area contributed by atoms with Crippen LogP contribution in [0.5, 0.6) is 0 Å². The van der Waals surface area contributed by atoms with E-state index >= 15 is 0 Å². The molecule has 1 aliphatic rings. The monoisotopic (exact) mass is 356 g/mol. The number of rotatable bonds is 5. The van der Waals surface area contributed by atoms with Crippen LogP contribution in [0.15, 0.2) is 4.47 Å². The Bertz CT molecular complexity index is 462. The van der Waals surface area contributed by atoms with Crippen LogP contribution in [0.4, 0.5) is 0 Å². The summed E-state index contributed by atoms with van der Waals surface area (Å²) in [6, 6.07) is 0. The number of halogens is 1. The van der Waals surface area contributed by atoms with Crippen molar-refractivity contribution in [2.45, 2.75) is 65.4 Å². The third kappa shape index (κ3) is 3.89. The van der Waals surface area contributed by atoms with Gasteiger partial charge in [0, 0.05) is 13.5 Å². The van der Waals surface area contributed by atoms with Crippen molar-refractivity contribution in [2.24, 2.45) is 24.8 Å². The van der Waals surface area contributed by atoms with E-state index < -0.39 is 0 Å². The van der Waals surface area contributed by atoms with Gasteiger partial charge in [0.05, 0.1) is 22.0 Å². The molecule has 1 atom stereocenters. The minimum absolute atomic E-state index is 0.241. The Morgan fingerprint density at radius 2 is 1.81 bits per heavy atom. The third-order valence-corrected chi connectivity index (χ3v) is 6.12. The van der Waals surface area contributed by atoms with E-state index in [-0.39, 0.29) is 6.10 Å².